The molecule has 0 radical (unpaired) electrons. The second kappa shape index (κ2) is 10.1. The van der Waals surface area contributed by atoms with E-state index in [-0.39, 0.29) is 24.2 Å². The summed E-state index contributed by atoms with van der Waals surface area (Å²) >= 11 is 0. The van der Waals surface area contributed by atoms with Crippen molar-refractivity contribution in [3.63, 3.8) is 0 Å². The van der Waals surface area contributed by atoms with E-state index in [1.807, 2.05) is 6.92 Å². The average molecular weight is 452 g/mol. The van der Waals surface area contributed by atoms with E-state index >= 15 is 0 Å². The number of carbonyl (C=O) groups is 1. The highest BCUT2D eigenvalue weighted by Crippen LogP contribution is 2.48. The molecule has 0 aliphatic heterocycles. The summed E-state index contributed by atoms with van der Waals surface area (Å²) in [6.45, 7) is 10.8. The third-order valence-corrected chi connectivity index (χ3v) is 7.81. The van der Waals surface area contributed by atoms with Crippen molar-refractivity contribution in [1.29, 1.82) is 0 Å². The summed E-state index contributed by atoms with van der Waals surface area (Å²) in [7, 11) is 0. The van der Waals surface area contributed by atoms with Crippen LogP contribution in [-0.4, -0.2) is 32.3 Å². The lowest BCUT2D eigenvalue weighted by Crippen LogP contribution is -2.28. The summed E-state index contributed by atoms with van der Waals surface area (Å²) in [5.74, 6) is 4.00. The summed E-state index contributed by atoms with van der Waals surface area (Å²) < 4.78 is 2.37. The Labute approximate surface area is 199 Å². The SMILES string of the molecule is Cc1ccc(CC(=O)C(C)C(CCO)c2nnc(C3CC(CC(C)C)C3)n2C2CC2)c(C)c1. The van der Waals surface area contributed by atoms with Gasteiger partial charge in [-0.15, -0.1) is 10.2 Å². The number of nitrogens with zero attached hydrogens (tertiary/aromatic N) is 3. The van der Waals surface area contributed by atoms with Gasteiger partial charge in [0.2, 0.25) is 0 Å². The Hall–Kier alpha value is -2.01. The summed E-state index contributed by atoms with van der Waals surface area (Å²) in [5, 5.41) is 19.2. The number of hydrogen-bond acceptors (Lipinski definition) is 4. The second-order valence-electron chi connectivity index (χ2n) is 11.2. The van der Waals surface area contributed by atoms with Crippen molar-refractivity contribution in [2.75, 3.05) is 6.61 Å². The van der Waals surface area contributed by atoms with Gasteiger partial charge in [-0.3, -0.25) is 4.79 Å². The molecule has 2 aliphatic carbocycles. The van der Waals surface area contributed by atoms with Crippen LogP contribution in [0.4, 0.5) is 0 Å². The molecule has 1 heterocycles. The molecule has 2 fully saturated rings. The molecule has 2 saturated carbocycles. The first-order chi connectivity index (χ1) is 15.8. The first-order valence-electron chi connectivity index (χ1n) is 12.9. The van der Waals surface area contributed by atoms with Crippen molar-refractivity contribution in [2.45, 2.75) is 97.4 Å². The van der Waals surface area contributed by atoms with Crippen LogP contribution in [0.15, 0.2) is 18.2 Å². The van der Waals surface area contributed by atoms with E-state index in [9.17, 15) is 9.90 Å². The second-order valence-corrected chi connectivity index (χ2v) is 11.2. The molecule has 0 saturated heterocycles. The number of aromatic nitrogens is 3. The summed E-state index contributed by atoms with van der Waals surface area (Å²) in [5.41, 5.74) is 3.47. The van der Waals surface area contributed by atoms with Crippen LogP contribution in [-0.2, 0) is 11.2 Å². The Morgan fingerprint density at radius 2 is 1.88 bits per heavy atom. The number of aliphatic hydroxyl groups is 1. The zero-order valence-electron chi connectivity index (χ0n) is 21.1. The van der Waals surface area contributed by atoms with E-state index in [1.165, 1.54) is 30.4 Å². The maximum Gasteiger partial charge on any atom is 0.140 e. The summed E-state index contributed by atoms with van der Waals surface area (Å²) in [6.07, 6.45) is 7.00. The maximum absolute atomic E-state index is 13.4. The Bertz CT molecular complexity index is 970. The van der Waals surface area contributed by atoms with Crippen LogP contribution in [0.5, 0.6) is 0 Å². The van der Waals surface area contributed by atoms with E-state index in [2.05, 4.69) is 60.7 Å². The molecule has 1 aromatic carbocycles. The molecule has 0 amide bonds. The molecule has 5 nitrogen and oxygen atoms in total. The largest absolute Gasteiger partial charge is 0.396 e. The van der Waals surface area contributed by atoms with Crippen LogP contribution in [0.3, 0.4) is 0 Å². The van der Waals surface area contributed by atoms with Crippen LogP contribution in [0.25, 0.3) is 0 Å². The smallest absolute Gasteiger partial charge is 0.140 e. The third-order valence-electron chi connectivity index (χ3n) is 7.81. The van der Waals surface area contributed by atoms with Gasteiger partial charge in [-0.1, -0.05) is 44.5 Å². The molecule has 5 heteroatoms. The molecule has 180 valence electrons. The average Bonchev–Trinajstić information content (AvgIpc) is 3.49. The van der Waals surface area contributed by atoms with Crippen molar-refractivity contribution in [3.05, 3.63) is 46.5 Å². The van der Waals surface area contributed by atoms with Gasteiger partial charge < -0.3 is 9.67 Å². The fraction of sp³-hybridized carbons (Fsp3) is 0.679. The van der Waals surface area contributed by atoms with Crippen molar-refractivity contribution >= 4 is 5.78 Å². The fourth-order valence-corrected chi connectivity index (χ4v) is 5.72. The van der Waals surface area contributed by atoms with Gasteiger partial charge in [0.25, 0.3) is 0 Å². The van der Waals surface area contributed by atoms with Crippen LogP contribution < -0.4 is 0 Å². The normalized spacial score (nSPS) is 22.3. The molecule has 2 atom stereocenters. The third kappa shape index (κ3) is 5.40. The first kappa shape index (κ1) is 24.1. The molecule has 0 bridgehead atoms. The van der Waals surface area contributed by atoms with Crippen molar-refractivity contribution in [2.24, 2.45) is 17.8 Å². The van der Waals surface area contributed by atoms with E-state index in [1.54, 1.807) is 0 Å². The number of ketones is 1. The van der Waals surface area contributed by atoms with E-state index < -0.39 is 0 Å². The molecular formula is C28H41N3O2. The highest BCUT2D eigenvalue weighted by Gasteiger charge is 2.40. The Balaban J connectivity index is 1.53. The molecule has 2 unspecified atom stereocenters. The van der Waals surface area contributed by atoms with E-state index in [0.29, 0.717) is 24.8 Å². The van der Waals surface area contributed by atoms with Gasteiger partial charge in [-0.25, -0.2) is 0 Å². The Kier molecular flexibility index (Phi) is 7.37. The van der Waals surface area contributed by atoms with Crippen molar-refractivity contribution < 1.29 is 9.90 Å². The molecule has 0 spiro atoms. The number of Topliss-reactive ketones (excluding diaryl/α,β-unsaturated/α-hetero) is 1. The number of aryl methyl sites for hydroxylation is 2. The summed E-state index contributed by atoms with van der Waals surface area (Å²) in [4.78, 5) is 13.4. The van der Waals surface area contributed by atoms with Crippen LogP contribution in [0, 0.1) is 31.6 Å². The number of carbonyl (C=O) groups excluding carboxylic acids is 1. The van der Waals surface area contributed by atoms with E-state index in [4.69, 9.17) is 0 Å². The zero-order chi connectivity index (χ0) is 23.7. The molecule has 2 aliphatic rings. The molecule has 4 rings (SSSR count). The van der Waals surface area contributed by atoms with Gasteiger partial charge in [0.1, 0.15) is 17.4 Å². The fourth-order valence-electron chi connectivity index (χ4n) is 5.72. The molecule has 1 aromatic heterocycles. The zero-order valence-corrected chi connectivity index (χ0v) is 21.1. The highest BCUT2D eigenvalue weighted by molar-refractivity contribution is 5.84. The minimum Gasteiger partial charge on any atom is -0.396 e. The van der Waals surface area contributed by atoms with Crippen molar-refractivity contribution in [1.82, 2.24) is 14.8 Å². The number of rotatable bonds is 11. The highest BCUT2D eigenvalue weighted by atomic mass is 16.3. The van der Waals surface area contributed by atoms with Crippen LogP contribution >= 0.6 is 0 Å². The Morgan fingerprint density at radius 1 is 1.15 bits per heavy atom. The minimum atomic E-state index is -0.206. The number of aliphatic hydroxyl groups excluding tert-OH is 1. The Morgan fingerprint density at radius 3 is 2.48 bits per heavy atom. The van der Waals surface area contributed by atoms with Gasteiger partial charge in [-0.2, -0.15) is 0 Å². The van der Waals surface area contributed by atoms with Gasteiger partial charge in [0.15, 0.2) is 0 Å². The van der Waals surface area contributed by atoms with Gasteiger partial charge in [0, 0.05) is 36.8 Å². The quantitative estimate of drug-likeness (QED) is 0.477. The lowest BCUT2D eigenvalue weighted by atomic mass is 9.71. The molecule has 2 aromatic rings. The van der Waals surface area contributed by atoms with Crippen molar-refractivity contribution in [3.8, 4) is 0 Å². The topological polar surface area (TPSA) is 68.0 Å². The standard InChI is InChI=1S/C28H41N3O2/c1-17(2)12-21-14-23(15-21)27-29-30-28(31(27)24-8-9-24)25(10-11-32)20(5)26(33)16-22-7-6-18(3)13-19(22)4/h6-7,13,17,20-21,23-25,32H,8-12,14-16H2,1-5H3. The van der Waals surface area contributed by atoms with Crippen LogP contribution in [0.2, 0.25) is 0 Å². The van der Waals surface area contributed by atoms with Gasteiger partial charge in [0.05, 0.1) is 0 Å². The predicted octanol–water partition coefficient (Wildman–Crippen LogP) is 5.68. The maximum atomic E-state index is 13.4. The lowest BCUT2D eigenvalue weighted by molar-refractivity contribution is -0.122. The first-order valence-corrected chi connectivity index (χ1v) is 12.9. The lowest BCUT2D eigenvalue weighted by Gasteiger charge is -2.36. The number of hydrogen-bond donors (Lipinski definition) is 1. The van der Waals surface area contributed by atoms with E-state index in [0.717, 1.165) is 41.9 Å². The number of benzene rings is 1. The van der Waals surface area contributed by atoms with Gasteiger partial charge >= 0.3 is 0 Å². The molecular weight excluding hydrogens is 410 g/mol. The van der Waals surface area contributed by atoms with Gasteiger partial charge in [-0.05, 0) is 75.3 Å². The predicted molar refractivity (Wildman–Crippen MR) is 131 cm³/mol. The monoisotopic (exact) mass is 451 g/mol. The molecule has 1 N–H and O–H groups in total. The minimum absolute atomic E-state index is 0.0542. The summed E-state index contributed by atoms with van der Waals surface area (Å²) in [6, 6.07) is 6.76. The molecule has 33 heavy (non-hydrogen) atoms. The van der Waals surface area contributed by atoms with Crippen LogP contribution in [0.1, 0.15) is 106 Å².